The van der Waals surface area contributed by atoms with Crippen molar-refractivity contribution in [3.05, 3.63) is 46.2 Å². The molecule has 0 aliphatic heterocycles. The van der Waals surface area contributed by atoms with Crippen LogP contribution in [-0.4, -0.2) is 27.5 Å². The van der Waals surface area contributed by atoms with Gasteiger partial charge in [0, 0.05) is 29.8 Å². The number of hydrogen-bond acceptors (Lipinski definition) is 3. The van der Waals surface area contributed by atoms with Gasteiger partial charge in [-0.25, -0.2) is 4.79 Å². The van der Waals surface area contributed by atoms with Gasteiger partial charge < -0.3 is 9.84 Å². The summed E-state index contributed by atoms with van der Waals surface area (Å²) in [7, 11) is 1.86. The smallest absolute Gasteiger partial charge is 0.339 e. The highest BCUT2D eigenvalue weighted by atomic mass is 79.9. The SMILES string of the molecule is Cn1nccc1CCOc1cc(Br)ccc1C(=O)O. The fourth-order valence-corrected chi connectivity index (χ4v) is 2.04. The number of nitrogens with zero attached hydrogens (tertiary/aromatic N) is 2. The molecule has 6 heteroatoms. The number of ether oxygens (including phenoxy) is 1. The third-order valence-corrected chi connectivity index (χ3v) is 3.21. The summed E-state index contributed by atoms with van der Waals surface area (Å²) in [6.07, 6.45) is 2.39. The summed E-state index contributed by atoms with van der Waals surface area (Å²) >= 11 is 3.30. The monoisotopic (exact) mass is 324 g/mol. The Morgan fingerprint density at radius 1 is 1.47 bits per heavy atom. The number of aryl methyl sites for hydroxylation is 1. The van der Waals surface area contributed by atoms with Crippen molar-refractivity contribution >= 4 is 21.9 Å². The molecule has 100 valence electrons. The number of carbonyl (C=O) groups is 1. The van der Waals surface area contributed by atoms with E-state index in [4.69, 9.17) is 9.84 Å². The summed E-state index contributed by atoms with van der Waals surface area (Å²) in [6.45, 7) is 0.399. The quantitative estimate of drug-likeness (QED) is 0.917. The third-order valence-electron chi connectivity index (χ3n) is 2.71. The number of carboxylic acids is 1. The van der Waals surface area contributed by atoms with E-state index in [0.29, 0.717) is 18.8 Å². The lowest BCUT2D eigenvalue weighted by molar-refractivity contribution is 0.0692. The normalized spacial score (nSPS) is 10.4. The summed E-state index contributed by atoms with van der Waals surface area (Å²) in [5.41, 5.74) is 1.19. The number of aromatic carboxylic acids is 1. The van der Waals surface area contributed by atoms with E-state index in [9.17, 15) is 4.79 Å². The molecular formula is C13H13BrN2O3. The average molecular weight is 325 g/mol. The van der Waals surface area contributed by atoms with Gasteiger partial charge in [0.15, 0.2) is 0 Å². The highest BCUT2D eigenvalue weighted by Gasteiger charge is 2.11. The van der Waals surface area contributed by atoms with Gasteiger partial charge in [-0.05, 0) is 24.3 Å². The average Bonchev–Trinajstić information content (AvgIpc) is 2.75. The standard InChI is InChI=1S/C13H13BrN2O3/c1-16-10(4-6-15-16)5-7-19-12-8-9(14)2-3-11(12)13(17)18/h2-4,6,8H,5,7H2,1H3,(H,17,18). The van der Waals surface area contributed by atoms with Gasteiger partial charge in [0.05, 0.1) is 6.61 Å². The van der Waals surface area contributed by atoms with Gasteiger partial charge in [-0.1, -0.05) is 15.9 Å². The summed E-state index contributed by atoms with van der Waals surface area (Å²) in [6, 6.07) is 6.76. The third kappa shape index (κ3) is 3.35. The van der Waals surface area contributed by atoms with Crippen molar-refractivity contribution in [2.45, 2.75) is 6.42 Å². The maximum atomic E-state index is 11.1. The number of halogens is 1. The first-order chi connectivity index (χ1) is 9.08. The van der Waals surface area contributed by atoms with Crippen LogP contribution in [0.15, 0.2) is 34.9 Å². The van der Waals surface area contributed by atoms with Gasteiger partial charge in [-0.3, -0.25) is 4.68 Å². The number of carboxylic acid groups (broad SMARTS) is 1. The largest absolute Gasteiger partial charge is 0.492 e. The van der Waals surface area contributed by atoms with Gasteiger partial charge in [0.2, 0.25) is 0 Å². The zero-order chi connectivity index (χ0) is 13.8. The fourth-order valence-electron chi connectivity index (χ4n) is 1.70. The number of hydrogen-bond donors (Lipinski definition) is 1. The maximum absolute atomic E-state index is 11.1. The Morgan fingerprint density at radius 3 is 2.89 bits per heavy atom. The molecular weight excluding hydrogens is 312 g/mol. The molecule has 0 aliphatic carbocycles. The van der Waals surface area contributed by atoms with Crippen LogP contribution in [0, 0.1) is 0 Å². The van der Waals surface area contributed by atoms with Crippen LogP contribution in [0.25, 0.3) is 0 Å². The molecule has 0 saturated carbocycles. The molecule has 19 heavy (non-hydrogen) atoms. The summed E-state index contributed by atoms with van der Waals surface area (Å²) < 4.78 is 8.11. The maximum Gasteiger partial charge on any atom is 0.339 e. The molecule has 2 aromatic rings. The highest BCUT2D eigenvalue weighted by molar-refractivity contribution is 9.10. The Kier molecular flexibility index (Phi) is 4.21. The Bertz CT molecular complexity index is 595. The second-order valence-corrected chi connectivity index (χ2v) is 4.91. The van der Waals surface area contributed by atoms with Crippen LogP contribution in [0.4, 0.5) is 0 Å². The predicted octanol–water partition coefficient (Wildman–Crippen LogP) is 2.50. The Morgan fingerprint density at radius 2 is 2.26 bits per heavy atom. The first kappa shape index (κ1) is 13.6. The molecule has 1 aromatic carbocycles. The minimum atomic E-state index is -0.997. The van der Waals surface area contributed by atoms with Crippen molar-refractivity contribution in [2.75, 3.05) is 6.61 Å². The summed E-state index contributed by atoms with van der Waals surface area (Å²) in [5.74, 6) is -0.632. The van der Waals surface area contributed by atoms with Gasteiger partial charge in [-0.15, -0.1) is 0 Å². The summed E-state index contributed by atoms with van der Waals surface area (Å²) in [4.78, 5) is 11.1. The van der Waals surface area contributed by atoms with Crippen molar-refractivity contribution in [3.8, 4) is 5.75 Å². The molecule has 1 N–H and O–H groups in total. The number of benzene rings is 1. The molecule has 0 spiro atoms. The lowest BCUT2D eigenvalue weighted by Crippen LogP contribution is -2.08. The molecule has 0 radical (unpaired) electrons. The van der Waals surface area contributed by atoms with E-state index in [-0.39, 0.29) is 5.56 Å². The van der Waals surface area contributed by atoms with Crippen LogP contribution < -0.4 is 4.74 Å². The molecule has 0 amide bonds. The number of rotatable bonds is 5. The Balaban J connectivity index is 2.05. The van der Waals surface area contributed by atoms with E-state index in [1.807, 2.05) is 13.1 Å². The van der Waals surface area contributed by atoms with Gasteiger partial charge in [0.1, 0.15) is 11.3 Å². The van der Waals surface area contributed by atoms with E-state index in [2.05, 4.69) is 21.0 Å². The van der Waals surface area contributed by atoms with E-state index < -0.39 is 5.97 Å². The van der Waals surface area contributed by atoms with Crippen molar-refractivity contribution in [1.29, 1.82) is 0 Å². The molecule has 5 nitrogen and oxygen atoms in total. The lowest BCUT2D eigenvalue weighted by atomic mass is 10.2. The molecule has 0 aliphatic rings. The second-order valence-electron chi connectivity index (χ2n) is 3.99. The second kappa shape index (κ2) is 5.88. The van der Waals surface area contributed by atoms with E-state index >= 15 is 0 Å². The molecule has 0 atom stereocenters. The van der Waals surface area contributed by atoms with E-state index in [1.54, 1.807) is 23.0 Å². The molecule has 0 fully saturated rings. The molecule has 1 heterocycles. The van der Waals surface area contributed by atoms with Crippen molar-refractivity contribution in [1.82, 2.24) is 9.78 Å². The molecule has 0 unspecified atom stereocenters. The van der Waals surface area contributed by atoms with Crippen LogP contribution in [0.5, 0.6) is 5.75 Å². The van der Waals surface area contributed by atoms with Crippen molar-refractivity contribution in [3.63, 3.8) is 0 Å². The van der Waals surface area contributed by atoms with Crippen LogP contribution in [0.2, 0.25) is 0 Å². The molecule has 1 aromatic heterocycles. The minimum absolute atomic E-state index is 0.160. The van der Waals surface area contributed by atoms with Gasteiger partial charge >= 0.3 is 5.97 Å². The topological polar surface area (TPSA) is 64.4 Å². The Labute approximate surface area is 118 Å². The lowest BCUT2D eigenvalue weighted by Gasteiger charge is -2.09. The van der Waals surface area contributed by atoms with E-state index in [0.717, 1.165) is 10.2 Å². The van der Waals surface area contributed by atoms with Crippen molar-refractivity contribution in [2.24, 2.45) is 7.05 Å². The predicted molar refractivity (Wildman–Crippen MR) is 73.5 cm³/mol. The minimum Gasteiger partial charge on any atom is -0.492 e. The first-order valence-electron chi connectivity index (χ1n) is 5.70. The summed E-state index contributed by atoms with van der Waals surface area (Å²) in [5, 5.41) is 13.1. The van der Waals surface area contributed by atoms with Crippen LogP contribution in [0.1, 0.15) is 16.1 Å². The van der Waals surface area contributed by atoms with Crippen LogP contribution in [0.3, 0.4) is 0 Å². The zero-order valence-corrected chi connectivity index (χ0v) is 11.9. The van der Waals surface area contributed by atoms with Crippen LogP contribution >= 0.6 is 15.9 Å². The molecule has 0 saturated heterocycles. The van der Waals surface area contributed by atoms with Crippen LogP contribution in [-0.2, 0) is 13.5 Å². The van der Waals surface area contributed by atoms with E-state index in [1.165, 1.54) is 6.07 Å². The number of aromatic nitrogens is 2. The highest BCUT2D eigenvalue weighted by Crippen LogP contribution is 2.24. The zero-order valence-electron chi connectivity index (χ0n) is 10.3. The molecule has 0 bridgehead atoms. The molecule has 2 rings (SSSR count). The van der Waals surface area contributed by atoms with Gasteiger partial charge in [-0.2, -0.15) is 5.10 Å². The van der Waals surface area contributed by atoms with Crippen molar-refractivity contribution < 1.29 is 14.6 Å². The Hall–Kier alpha value is -1.82. The fraction of sp³-hybridized carbons (Fsp3) is 0.231. The van der Waals surface area contributed by atoms with Gasteiger partial charge in [0.25, 0.3) is 0 Å². The first-order valence-corrected chi connectivity index (χ1v) is 6.50.